The van der Waals surface area contributed by atoms with Gasteiger partial charge >= 0.3 is 5.97 Å². The van der Waals surface area contributed by atoms with E-state index in [0.29, 0.717) is 17.2 Å². The molecule has 0 heterocycles. The Labute approximate surface area is 305 Å². The fourth-order valence-electron chi connectivity index (χ4n) is 6.99. The van der Waals surface area contributed by atoms with Crippen molar-refractivity contribution in [2.45, 2.75) is 26.7 Å². The Kier molecular flexibility index (Phi) is 8.84. The van der Waals surface area contributed by atoms with Crippen molar-refractivity contribution in [3.63, 3.8) is 0 Å². The largest absolute Gasteiger partial charge is 0.423 e. The van der Waals surface area contributed by atoms with Gasteiger partial charge in [0.05, 0.1) is 16.9 Å². The van der Waals surface area contributed by atoms with Crippen LogP contribution in [-0.2, 0) is 0 Å². The molecular formula is C49H39NO2. The number of aryl methyl sites for hydroxylation is 1. The van der Waals surface area contributed by atoms with Crippen LogP contribution in [0.5, 0.6) is 5.75 Å². The van der Waals surface area contributed by atoms with Gasteiger partial charge in [0.15, 0.2) is 0 Å². The third-order valence-electron chi connectivity index (χ3n) is 9.90. The SMILES string of the molecule is Cc1ccc(C(C)C)cc1-c1ccc(OC(=O)c2ccc(-c3ccc(N(c4cccc5ccccc45)c4cccc5ccccc45)cc3)cc2)cc1. The number of ether oxygens (including phenoxy) is 1. The molecule has 8 aromatic rings. The summed E-state index contributed by atoms with van der Waals surface area (Å²) in [5.41, 5.74) is 10.7. The number of carbonyl (C=O) groups excluding carboxylic acids is 1. The third-order valence-corrected chi connectivity index (χ3v) is 9.90. The van der Waals surface area contributed by atoms with Gasteiger partial charge in [-0.05, 0) is 106 Å². The van der Waals surface area contributed by atoms with Crippen LogP contribution >= 0.6 is 0 Å². The summed E-state index contributed by atoms with van der Waals surface area (Å²) in [5, 5.41) is 4.76. The monoisotopic (exact) mass is 673 g/mol. The molecular weight excluding hydrogens is 635 g/mol. The predicted octanol–water partition coefficient (Wildman–Crippen LogP) is 13.4. The van der Waals surface area contributed by atoms with Gasteiger partial charge in [-0.3, -0.25) is 0 Å². The second-order valence-electron chi connectivity index (χ2n) is 13.6. The molecule has 0 radical (unpaired) electrons. The van der Waals surface area contributed by atoms with E-state index >= 15 is 0 Å². The van der Waals surface area contributed by atoms with Crippen molar-refractivity contribution in [2.24, 2.45) is 0 Å². The summed E-state index contributed by atoms with van der Waals surface area (Å²) in [6.45, 7) is 6.53. The lowest BCUT2D eigenvalue weighted by Crippen LogP contribution is -2.11. The van der Waals surface area contributed by atoms with E-state index in [1.54, 1.807) is 0 Å². The van der Waals surface area contributed by atoms with Crippen molar-refractivity contribution in [1.29, 1.82) is 0 Å². The van der Waals surface area contributed by atoms with Crippen LogP contribution in [0, 0.1) is 6.92 Å². The van der Waals surface area contributed by atoms with E-state index in [9.17, 15) is 4.79 Å². The zero-order chi connectivity index (χ0) is 35.6. The minimum atomic E-state index is -0.381. The lowest BCUT2D eigenvalue weighted by Gasteiger charge is -2.28. The molecule has 0 aliphatic rings. The van der Waals surface area contributed by atoms with E-state index in [2.05, 4.69) is 153 Å². The molecule has 0 amide bonds. The molecule has 8 aromatic carbocycles. The van der Waals surface area contributed by atoms with Gasteiger partial charge in [-0.2, -0.15) is 0 Å². The minimum absolute atomic E-state index is 0.381. The molecule has 0 spiro atoms. The maximum atomic E-state index is 13.1. The summed E-state index contributed by atoms with van der Waals surface area (Å²) in [7, 11) is 0. The second-order valence-corrected chi connectivity index (χ2v) is 13.6. The number of rotatable bonds is 8. The molecule has 3 heteroatoms. The number of esters is 1. The zero-order valence-corrected chi connectivity index (χ0v) is 29.6. The number of anilines is 3. The first-order chi connectivity index (χ1) is 25.4. The lowest BCUT2D eigenvalue weighted by atomic mass is 9.94. The van der Waals surface area contributed by atoms with Crippen LogP contribution < -0.4 is 9.64 Å². The standard InChI is InChI=1S/C49H39NO2/c1-33(2)41-19-18-34(3)46(32-41)39-26-30-43(31-27-39)52-49(51)40-22-20-35(21-23-40)36-24-28-42(29-25-36)50(47-16-8-12-37-10-4-6-14-44(37)47)48-17-9-13-38-11-5-7-15-45(38)48/h4-33H,1-3H3. The van der Waals surface area contributed by atoms with Gasteiger partial charge in [0, 0.05) is 16.5 Å². The Morgan fingerprint density at radius 2 is 1.06 bits per heavy atom. The molecule has 0 atom stereocenters. The molecule has 0 saturated heterocycles. The first-order valence-electron chi connectivity index (χ1n) is 17.8. The fourth-order valence-corrected chi connectivity index (χ4v) is 6.99. The van der Waals surface area contributed by atoms with E-state index in [1.807, 2.05) is 48.5 Å². The smallest absolute Gasteiger partial charge is 0.343 e. The molecule has 0 N–H and O–H groups in total. The highest BCUT2D eigenvalue weighted by molar-refractivity contribution is 6.04. The summed E-state index contributed by atoms with van der Waals surface area (Å²) >= 11 is 0. The first kappa shape index (κ1) is 32.7. The van der Waals surface area contributed by atoms with E-state index in [4.69, 9.17) is 4.74 Å². The topological polar surface area (TPSA) is 29.5 Å². The van der Waals surface area contributed by atoms with Crippen LogP contribution in [0.4, 0.5) is 17.1 Å². The lowest BCUT2D eigenvalue weighted by molar-refractivity contribution is 0.0735. The third kappa shape index (κ3) is 6.45. The van der Waals surface area contributed by atoms with E-state index < -0.39 is 0 Å². The van der Waals surface area contributed by atoms with E-state index in [0.717, 1.165) is 33.8 Å². The van der Waals surface area contributed by atoms with E-state index in [-0.39, 0.29) is 5.97 Å². The van der Waals surface area contributed by atoms with E-state index in [1.165, 1.54) is 38.2 Å². The Hall–Kier alpha value is -6.45. The van der Waals surface area contributed by atoms with Crippen LogP contribution in [0.25, 0.3) is 43.8 Å². The minimum Gasteiger partial charge on any atom is -0.423 e. The van der Waals surface area contributed by atoms with Crippen LogP contribution in [0.1, 0.15) is 41.3 Å². The fraction of sp³-hybridized carbons (Fsp3) is 0.0816. The summed E-state index contributed by atoms with van der Waals surface area (Å²) in [5.74, 6) is 0.596. The Morgan fingerprint density at radius 3 is 1.63 bits per heavy atom. The van der Waals surface area contributed by atoms with Gasteiger partial charge in [-0.1, -0.05) is 141 Å². The van der Waals surface area contributed by atoms with Crippen molar-refractivity contribution < 1.29 is 9.53 Å². The summed E-state index contributed by atoms with van der Waals surface area (Å²) < 4.78 is 5.77. The Morgan fingerprint density at radius 1 is 0.538 bits per heavy atom. The molecule has 0 unspecified atom stereocenters. The van der Waals surface area contributed by atoms with Gasteiger partial charge < -0.3 is 9.64 Å². The van der Waals surface area contributed by atoms with Gasteiger partial charge in [-0.25, -0.2) is 4.79 Å². The number of carbonyl (C=O) groups is 1. The van der Waals surface area contributed by atoms with Crippen LogP contribution in [0.3, 0.4) is 0 Å². The number of benzene rings is 8. The van der Waals surface area contributed by atoms with Crippen molar-refractivity contribution in [3.8, 4) is 28.0 Å². The molecule has 8 rings (SSSR count). The zero-order valence-electron chi connectivity index (χ0n) is 29.6. The van der Waals surface area contributed by atoms with Crippen molar-refractivity contribution in [3.05, 3.63) is 193 Å². The van der Waals surface area contributed by atoms with Crippen molar-refractivity contribution in [2.75, 3.05) is 4.90 Å². The molecule has 0 aliphatic carbocycles. The molecule has 3 nitrogen and oxygen atoms in total. The quantitative estimate of drug-likeness (QED) is 0.119. The molecule has 0 aromatic heterocycles. The maximum Gasteiger partial charge on any atom is 0.343 e. The second kappa shape index (κ2) is 14.0. The van der Waals surface area contributed by atoms with Crippen LogP contribution in [0.15, 0.2) is 176 Å². The molecule has 0 aliphatic heterocycles. The normalized spacial score (nSPS) is 11.2. The maximum absolute atomic E-state index is 13.1. The van der Waals surface area contributed by atoms with Gasteiger partial charge in [-0.15, -0.1) is 0 Å². The first-order valence-corrected chi connectivity index (χ1v) is 17.8. The molecule has 252 valence electrons. The van der Waals surface area contributed by atoms with Crippen LogP contribution in [-0.4, -0.2) is 5.97 Å². The number of hydrogen-bond acceptors (Lipinski definition) is 3. The highest BCUT2D eigenvalue weighted by Crippen LogP contribution is 2.42. The summed E-state index contributed by atoms with van der Waals surface area (Å²) in [6.07, 6.45) is 0. The summed E-state index contributed by atoms with van der Waals surface area (Å²) in [4.78, 5) is 15.5. The molecule has 52 heavy (non-hydrogen) atoms. The van der Waals surface area contributed by atoms with Crippen LogP contribution in [0.2, 0.25) is 0 Å². The molecule has 0 bridgehead atoms. The predicted molar refractivity (Wildman–Crippen MR) is 217 cm³/mol. The van der Waals surface area contributed by atoms with Crippen molar-refractivity contribution >= 4 is 44.6 Å². The highest BCUT2D eigenvalue weighted by Gasteiger charge is 2.18. The van der Waals surface area contributed by atoms with Gasteiger partial charge in [0.25, 0.3) is 0 Å². The highest BCUT2D eigenvalue weighted by atomic mass is 16.5. The number of hydrogen-bond donors (Lipinski definition) is 0. The summed E-state index contributed by atoms with van der Waals surface area (Å²) in [6, 6.07) is 60.6. The average molecular weight is 674 g/mol. The molecule has 0 fully saturated rings. The van der Waals surface area contributed by atoms with Gasteiger partial charge in [0.1, 0.15) is 5.75 Å². The molecule has 0 saturated carbocycles. The average Bonchev–Trinajstić information content (AvgIpc) is 3.19. The Balaban J connectivity index is 1.04. The van der Waals surface area contributed by atoms with Gasteiger partial charge in [0.2, 0.25) is 0 Å². The number of fused-ring (bicyclic) bond motifs is 2. The van der Waals surface area contributed by atoms with Crippen molar-refractivity contribution in [1.82, 2.24) is 0 Å². The number of nitrogens with zero attached hydrogens (tertiary/aromatic N) is 1. The Bertz CT molecular complexity index is 2440.